The minimum Gasteiger partial charge on any atom is -0.475 e. The third-order valence-corrected chi connectivity index (χ3v) is 6.42. The van der Waals surface area contributed by atoms with Crippen LogP contribution in [0.4, 0.5) is 5.82 Å². The largest absolute Gasteiger partial charge is 0.475 e. The Bertz CT molecular complexity index is 1510. The quantitative estimate of drug-likeness (QED) is 0.0977. The zero-order valence-electron chi connectivity index (χ0n) is 19.2. The van der Waals surface area contributed by atoms with E-state index in [2.05, 4.69) is 30.4 Å². The molecule has 0 amide bonds. The van der Waals surface area contributed by atoms with Gasteiger partial charge < -0.3 is 25.2 Å². The summed E-state index contributed by atoms with van der Waals surface area (Å²) >= 11 is 11.4. The van der Waals surface area contributed by atoms with Crippen molar-refractivity contribution >= 4 is 59.1 Å². The van der Waals surface area contributed by atoms with Crippen LogP contribution in [-0.2, 0) is 6.54 Å². The number of thiol groups is 1. The molecule has 2 N–H and O–H groups in total. The van der Waals surface area contributed by atoms with Gasteiger partial charge in [-0.3, -0.25) is 4.98 Å². The highest BCUT2D eigenvalue weighted by molar-refractivity contribution is 7.80. The van der Waals surface area contributed by atoms with E-state index >= 15 is 0 Å². The Hall–Kier alpha value is -3.45. The van der Waals surface area contributed by atoms with Gasteiger partial charge in [0.1, 0.15) is 17.3 Å². The molecular formula is C23H22Cl2N8O3S. The van der Waals surface area contributed by atoms with Gasteiger partial charge in [0, 0.05) is 24.9 Å². The van der Waals surface area contributed by atoms with Crippen LogP contribution in [0, 0.1) is 10.1 Å². The first-order chi connectivity index (χ1) is 17.5. The number of nitrogens with zero attached hydrogens (tertiary/aromatic N) is 6. The van der Waals surface area contributed by atoms with E-state index in [1.165, 1.54) is 0 Å². The zero-order valence-corrected chi connectivity index (χ0v) is 21.7. The van der Waals surface area contributed by atoms with Gasteiger partial charge in [-0.05, 0) is 46.8 Å². The van der Waals surface area contributed by atoms with E-state index < -0.39 is 10.2 Å². The summed E-state index contributed by atoms with van der Waals surface area (Å²) in [6.07, 6.45) is 3.57. The number of pyridine rings is 1. The third kappa shape index (κ3) is 5.77. The Morgan fingerprint density at radius 3 is 2.86 bits per heavy atom. The molecule has 0 saturated heterocycles. The molecule has 0 saturated carbocycles. The molecule has 5 aromatic rings. The lowest BCUT2D eigenvalue weighted by Gasteiger charge is -2.13. The molecule has 4 heterocycles. The molecule has 0 fully saturated rings. The molecular weight excluding hydrogens is 539 g/mol. The van der Waals surface area contributed by atoms with Gasteiger partial charge in [0.05, 0.1) is 28.4 Å². The van der Waals surface area contributed by atoms with Gasteiger partial charge in [-0.2, -0.15) is 12.6 Å². The second-order valence-corrected chi connectivity index (χ2v) is 8.80. The summed E-state index contributed by atoms with van der Waals surface area (Å²) in [7, 11) is 0. The molecule has 1 aromatic carbocycles. The van der Waals surface area contributed by atoms with Crippen molar-refractivity contribution < 1.29 is 9.66 Å². The number of ether oxygens (including phenoxy) is 1. The molecule has 11 nitrogen and oxygen atoms in total. The summed E-state index contributed by atoms with van der Waals surface area (Å²) in [6.45, 7) is 1.59. The number of nitrogens with one attached hydrogen (secondary N) is 2. The highest BCUT2D eigenvalue weighted by atomic mass is 35.5. The van der Waals surface area contributed by atoms with Crippen molar-refractivity contribution in [1.82, 2.24) is 34.9 Å². The first-order valence-corrected chi connectivity index (χ1v) is 12.0. The molecule has 37 heavy (non-hydrogen) atoms. The maximum absolute atomic E-state index is 11.1. The van der Waals surface area contributed by atoms with Crippen molar-refractivity contribution in [2.24, 2.45) is 0 Å². The Balaban J connectivity index is 0.00000320. The van der Waals surface area contributed by atoms with Crippen LogP contribution in [0.1, 0.15) is 28.8 Å². The number of aromatic amines is 1. The fourth-order valence-corrected chi connectivity index (χ4v) is 4.39. The van der Waals surface area contributed by atoms with E-state index in [0.29, 0.717) is 48.3 Å². The number of benzene rings is 1. The topological polar surface area (TPSA) is 136 Å². The number of halogens is 2. The van der Waals surface area contributed by atoms with Crippen LogP contribution in [0.25, 0.3) is 16.7 Å². The van der Waals surface area contributed by atoms with Gasteiger partial charge in [-0.15, -0.1) is 12.4 Å². The van der Waals surface area contributed by atoms with E-state index in [-0.39, 0.29) is 24.1 Å². The Labute approximate surface area is 227 Å². The fourth-order valence-electron chi connectivity index (χ4n) is 3.70. The summed E-state index contributed by atoms with van der Waals surface area (Å²) < 4.78 is 6.79. The molecule has 192 valence electrons. The van der Waals surface area contributed by atoms with Crippen LogP contribution in [0.3, 0.4) is 0 Å². The number of H-pyrrole nitrogens is 1. The third-order valence-electron chi connectivity index (χ3n) is 5.49. The van der Waals surface area contributed by atoms with Crippen molar-refractivity contribution in [3.63, 3.8) is 0 Å². The van der Waals surface area contributed by atoms with Crippen molar-refractivity contribution in [1.29, 1.82) is 0 Å². The lowest BCUT2D eigenvalue weighted by molar-refractivity contribution is -0.391. The van der Waals surface area contributed by atoms with Crippen molar-refractivity contribution in [2.75, 3.05) is 13.2 Å². The number of fused-ring (bicyclic) bond motifs is 2. The van der Waals surface area contributed by atoms with E-state index in [0.717, 1.165) is 27.3 Å². The molecule has 0 spiro atoms. The van der Waals surface area contributed by atoms with Crippen molar-refractivity contribution in [3.05, 3.63) is 87.1 Å². The molecule has 4 aromatic heterocycles. The molecule has 1 atom stereocenters. The summed E-state index contributed by atoms with van der Waals surface area (Å²) in [5, 5.41) is 18.7. The molecule has 0 bridgehead atoms. The lowest BCUT2D eigenvalue weighted by Crippen LogP contribution is -2.18. The smallest absolute Gasteiger partial charge is 0.368 e. The highest BCUT2D eigenvalue weighted by Gasteiger charge is 2.20. The van der Waals surface area contributed by atoms with E-state index in [9.17, 15) is 10.1 Å². The van der Waals surface area contributed by atoms with Crippen LogP contribution in [-0.4, -0.2) is 47.6 Å². The monoisotopic (exact) mass is 560 g/mol. The average molecular weight is 561 g/mol. The highest BCUT2D eigenvalue weighted by Crippen LogP contribution is 2.33. The number of rotatable bonds is 10. The summed E-state index contributed by atoms with van der Waals surface area (Å²) in [4.78, 5) is 26.8. The minimum atomic E-state index is -0.539. The SMILES string of the molecule is Cl.O=[N+]([O-])c1cnc2ccc(OCCCNCc3ccnc(C(S)c4nc5ccccc5[nH]4)c3Cl)nn12. The molecule has 14 heteroatoms. The lowest BCUT2D eigenvalue weighted by atomic mass is 10.1. The van der Waals surface area contributed by atoms with Gasteiger partial charge in [-0.1, -0.05) is 28.2 Å². The zero-order chi connectivity index (χ0) is 25.1. The molecule has 5 rings (SSSR count). The first-order valence-electron chi connectivity index (χ1n) is 11.1. The molecule has 0 radical (unpaired) electrons. The summed E-state index contributed by atoms with van der Waals surface area (Å²) in [5.41, 5.74) is 3.71. The number of imidazole rings is 2. The Morgan fingerprint density at radius 2 is 2.05 bits per heavy atom. The van der Waals surface area contributed by atoms with Gasteiger partial charge in [0.25, 0.3) is 5.88 Å². The van der Waals surface area contributed by atoms with E-state index in [4.69, 9.17) is 29.0 Å². The number of hydrogen-bond acceptors (Lipinski definition) is 9. The van der Waals surface area contributed by atoms with Crippen LogP contribution in [0.5, 0.6) is 5.88 Å². The molecule has 1 unspecified atom stereocenters. The van der Waals surface area contributed by atoms with E-state index in [1.807, 2.05) is 30.3 Å². The maximum atomic E-state index is 11.1. The molecule has 0 aliphatic heterocycles. The number of aromatic nitrogens is 6. The van der Waals surface area contributed by atoms with Crippen LogP contribution < -0.4 is 10.1 Å². The first kappa shape index (κ1) is 26.6. The van der Waals surface area contributed by atoms with Crippen LogP contribution >= 0.6 is 36.6 Å². The predicted molar refractivity (Wildman–Crippen MR) is 145 cm³/mol. The Kier molecular flexibility index (Phi) is 8.44. The van der Waals surface area contributed by atoms with Gasteiger partial charge >= 0.3 is 5.82 Å². The average Bonchev–Trinajstić information content (AvgIpc) is 3.51. The van der Waals surface area contributed by atoms with Crippen molar-refractivity contribution in [2.45, 2.75) is 18.2 Å². The molecule has 0 aliphatic carbocycles. The number of nitro groups is 1. The normalized spacial score (nSPS) is 11.9. The van der Waals surface area contributed by atoms with Crippen molar-refractivity contribution in [3.8, 4) is 5.88 Å². The minimum absolute atomic E-state index is 0. The number of para-hydroxylation sites is 2. The summed E-state index contributed by atoms with van der Waals surface area (Å²) in [5.74, 6) is 0.759. The predicted octanol–water partition coefficient (Wildman–Crippen LogP) is 4.56. The molecule has 0 aliphatic rings. The second-order valence-electron chi connectivity index (χ2n) is 7.90. The van der Waals surface area contributed by atoms with Gasteiger partial charge in [0.2, 0.25) is 5.65 Å². The maximum Gasteiger partial charge on any atom is 0.368 e. The van der Waals surface area contributed by atoms with Crippen LogP contribution in [0.2, 0.25) is 5.02 Å². The summed E-state index contributed by atoms with van der Waals surface area (Å²) in [6, 6.07) is 12.9. The van der Waals surface area contributed by atoms with Gasteiger partial charge in [-0.25, -0.2) is 9.97 Å². The number of hydrogen-bond donors (Lipinski definition) is 3. The Morgan fingerprint density at radius 1 is 1.22 bits per heavy atom. The van der Waals surface area contributed by atoms with Gasteiger partial charge in [0.15, 0.2) is 0 Å². The van der Waals surface area contributed by atoms with E-state index in [1.54, 1.807) is 18.3 Å². The fraction of sp³-hybridized carbons (Fsp3) is 0.217. The van der Waals surface area contributed by atoms with Crippen LogP contribution in [0.15, 0.2) is 54.9 Å². The standard InChI is InChI=1S/C23H21ClN8O3S.ClH/c24-20-14(8-10-26-21(20)22(36)23-28-15-4-1-2-5-16(15)29-23)12-25-9-3-11-35-18-7-6-17-27-13-19(32(33)34)31(17)30-18;/h1-2,4-8,10,13,22,25,36H,3,9,11-12H2,(H,28,29);1H. The second kappa shape index (κ2) is 11.7.